The van der Waals surface area contributed by atoms with E-state index in [9.17, 15) is 32.3 Å². The van der Waals surface area contributed by atoms with Crippen LogP contribution in [0.1, 0.15) is 30.5 Å². The Bertz CT molecular complexity index is 1320. The fourth-order valence-electron chi connectivity index (χ4n) is 3.67. The summed E-state index contributed by atoms with van der Waals surface area (Å²) < 4.78 is 55.1. The van der Waals surface area contributed by atoms with Crippen LogP contribution in [-0.2, 0) is 28.7 Å². The molecule has 7 nitrogen and oxygen atoms in total. The summed E-state index contributed by atoms with van der Waals surface area (Å²) in [6, 6.07) is 8.16. The molecule has 0 saturated heterocycles. The molecular formula is C24H22F4N4O3. The molecule has 35 heavy (non-hydrogen) atoms. The molecule has 0 saturated carbocycles. The highest BCUT2D eigenvalue weighted by molar-refractivity contribution is 5.97. The van der Waals surface area contributed by atoms with Crippen LogP contribution in [0.15, 0.2) is 42.6 Å². The van der Waals surface area contributed by atoms with E-state index in [4.69, 9.17) is 5.26 Å². The van der Waals surface area contributed by atoms with Gasteiger partial charge in [0.05, 0.1) is 23.7 Å². The number of nitriles is 1. The van der Waals surface area contributed by atoms with E-state index in [1.807, 2.05) is 0 Å². The van der Waals surface area contributed by atoms with Crippen LogP contribution in [-0.4, -0.2) is 33.6 Å². The largest absolute Gasteiger partial charge is 0.417 e. The van der Waals surface area contributed by atoms with E-state index in [-0.39, 0.29) is 18.1 Å². The average Bonchev–Trinajstić information content (AvgIpc) is 3.08. The minimum Gasteiger partial charge on any atom is -0.378 e. The van der Waals surface area contributed by atoms with E-state index >= 15 is 0 Å². The van der Waals surface area contributed by atoms with Gasteiger partial charge in [-0.3, -0.25) is 9.59 Å². The number of hydrogen-bond acceptors (Lipinski definition) is 4. The smallest absolute Gasteiger partial charge is 0.378 e. The number of carbonyl (C=O) groups excluding carboxylic acids is 2. The van der Waals surface area contributed by atoms with Gasteiger partial charge >= 0.3 is 6.18 Å². The number of nitrogens with zero attached hydrogens (tertiary/aromatic N) is 2. The molecule has 11 heteroatoms. The molecule has 2 amide bonds. The second-order valence-corrected chi connectivity index (χ2v) is 8.27. The molecule has 0 bridgehead atoms. The first-order valence-corrected chi connectivity index (χ1v) is 10.5. The second kappa shape index (κ2) is 9.76. The first-order chi connectivity index (χ1) is 16.3. The van der Waals surface area contributed by atoms with E-state index in [0.717, 1.165) is 12.1 Å². The van der Waals surface area contributed by atoms with Crippen LogP contribution in [0.3, 0.4) is 0 Å². The summed E-state index contributed by atoms with van der Waals surface area (Å²) in [5.41, 5.74) is -2.92. The van der Waals surface area contributed by atoms with Crippen LogP contribution in [0.2, 0.25) is 0 Å². The van der Waals surface area contributed by atoms with Gasteiger partial charge in [-0.25, -0.2) is 4.39 Å². The lowest BCUT2D eigenvalue weighted by atomic mass is 10.0. The first-order valence-electron chi connectivity index (χ1n) is 10.5. The Morgan fingerprint density at radius 3 is 2.51 bits per heavy atom. The van der Waals surface area contributed by atoms with E-state index in [1.165, 1.54) is 42.7 Å². The number of carbonyl (C=O) groups is 2. The van der Waals surface area contributed by atoms with Crippen LogP contribution < -0.4 is 10.6 Å². The zero-order chi connectivity index (χ0) is 26.0. The van der Waals surface area contributed by atoms with Gasteiger partial charge in [0.15, 0.2) is 5.60 Å². The van der Waals surface area contributed by atoms with Crippen molar-refractivity contribution in [3.05, 3.63) is 65.1 Å². The molecule has 0 aliphatic carbocycles. The summed E-state index contributed by atoms with van der Waals surface area (Å²) in [5, 5.41) is 25.2. The molecule has 3 N–H and O–H groups in total. The van der Waals surface area contributed by atoms with Crippen LogP contribution >= 0.6 is 0 Å². The first kappa shape index (κ1) is 25.7. The van der Waals surface area contributed by atoms with Crippen molar-refractivity contribution in [3.63, 3.8) is 0 Å². The number of benzene rings is 2. The maximum absolute atomic E-state index is 13.9. The van der Waals surface area contributed by atoms with E-state index in [2.05, 4.69) is 10.6 Å². The minimum atomic E-state index is -4.80. The molecular weight excluding hydrogens is 468 g/mol. The lowest BCUT2D eigenvalue weighted by Crippen LogP contribution is -2.43. The molecule has 1 heterocycles. The number of anilines is 1. The summed E-state index contributed by atoms with van der Waals surface area (Å²) in [6.07, 6.45) is -2.81. The van der Waals surface area contributed by atoms with Gasteiger partial charge in [-0.2, -0.15) is 18.4 Å². The average molecular weight is 490 g/mol. The number of nitrogens with one attached hydrogen (secondary N) is 2. The SMILES string of the molecule is CC(=O)NCCc1cn(C[C@](C)(O)C(=O)Nc2ccc(C#N)c(C(F)(F)F)c2)c2ccc(F)cc12. The normalized spacial score (nSPS) is 13.2. The van der Waals surface area contributed by atoms with Crippen molar-refractivity contribution in [3.8, 4) is 6.07 Å². The summed E-state index contributed by atoms with van der Waals surface area (Å²) >= 11 is 0. The predicted octanol–water partition coefficient (Wildman–Crippen LogP) is 3.74. The highest BCUT2D eigenvalue weighted by Gasteiger charge is 2.35. The van der Waals surface area contributed by atoms with Crippen LogP contribution in [0.5, 0.6) is 0 Å². The Kier molecular flexibility index (Phi) is 7.17. The Labute approximate surface area is 198 Å². The van der Waals surface area contributed by atoms with Crippen LogP contribution in [0.25, 0.3) is 10.9 Å². The third-order valence-corrected chi connectivity index (χ3v) is 5.36. The zero-order valence-electron chi connectivity index (χ0n) is 18.8. The number of fused-ring (bicyclic) bond motifs is 1. The molecule has 1 atom stereocenters. The lowest BCUT2D eigenvalue weighted by molar-refractivity contribution is -0.138. The summed E-state index contributed by atoms with van der Waals surface area (Å²) in [4.78, 5) is 23.9. The monoisotopic (exact) mass is 490 g/mol. The van der Waals surface area contributed by atoms with Crippen molar-refractivity contribution in [2.24, 2.45) is 0 Å². The molecule has 0 fully saturated rings. The van der Waals surface area contributed by atoms with Crippen LogP contribution in [0, 0.1) is 17.1 Å². The van der Waals surface area contributed by atoms with Crippen molar-refractivity contribution in [1.29, 1.82) is 5.26 Å². The van der Waals surface area contributed by atoms with Gasteiger partial charge in [-0.05, 0) is 55.3 Å². The number of amides is 2. The highest BCUT2D eigenvalue weighted by Crippen LogP contribution is 2.34. The van der Waals surface area contributed by atoms with E-state index in [0.29, 0.717) is 35.5 Å². The maximum atomic E-state index is 13.9. The molecule has 3 aromatic rings. The number of aromatic nitrogens is 1. The molecule has 3 rings (SSSR count). The molecule has 0 aliphatic heterocycles. The molecule has 2 aromatic carbocycles. The quantitative estimate of drug-likeness (QED) is 0.439. The molecule has 184 valence electrons. The van der Waals surface area contributed by atoms with Gasteiger partial charge in [-0.1, -0.05) is 0 Å². The number of alkyl halides is 3. The fourth-order valence-corrected chi connectivity index (χ4v) is 3.67. The standard InChI is InChI=1S/C24H22F4N4O3/c1-14(33)30-8-7-16-12-32(21-6-4-17(25)9-19(16)21)13-23(2,35)22(34)31-18-5-3-15(11-29)20(10-18)24(26,27)28/h3-6,9-10,12,35H,7-8,13H2,1-2H3,(H,30,33)(H,31,34)/t23-/m0/s1. The number of aliphatic hydroxyl groups is 1. The van der Waals surface area contributed by atoms with Crippen molar-refractivity contribution in [2.75, 3.05) is 11.9 Å². The summed E-state index contributed by atoms with van der Waals surface area (Å²) in [6.45, 7) is 2.57. The predicted molar refractivity (Wildman–Crippen MR) is 120 cm³/mol. The maximum Gasteiger partial charge on any atom is 0.417 e. The molecule has 1 aromatic heterocycles. The van der Waals surface area contributed by atoms with Crippen molar-refractivity contribution in [1.82, 2.24) is 9.88 Å². The number of hydrogen-bond donors (Lipinski definition) is 3. The van der Waals surface area contributed by atoms with Gasteiger partial charge in [0, 0.05) is 36.3 Å². The van der Waals surface area contributed by atoms with Crippen LogP contribution in [0.4, 0.5) is 23.2 Å². The Balaban J connectivity index is 1.86. The van der Waals surface area contributed by atoms with Crippen molar-refractivity contribution < 1.29 is 32.3 Å². The van der Waals surface area contributed by atoms with Gasteiger partial charge < -0.3 is 20.3 Å². The Hall–Kier alpha value is -3.91. The van der Waals surface area contributed by atoms with Gasteiger partial charge in [0.2, 0.25) is 5.91 Å². The van der Waals surface area contributed by atoms with Gasteiger partial charge in [-0.15, -0.1) is 0 Å². The molecule has 0 radical (unpaired) electrons. The van der Waals surface area contributed by atoms with Crippen molar-refractivity contribution >= 4 is 28.4 Å². The lowest BCUT2D eigenvalue weighted by Gasteiger charge is -2.24. The number of rotatable bonds is 7. The Morgan fingerprint density at radius 1 is 1.17 bits per heavy atom. The molecule has 0 spiro atoms. The Morgan fingerprint density at radius 2 is 1.89 bits per heavy atom. The second-order valence-electron chi connectivity index (χ2n) is 8.27. The van der Waals surface area contributed by atoms with E-state index in [1.54, 1.807) is 6.20 Å². The zero-order valence-corrected chi connectivity index (χ0v) is 18.8. The highest BCUT2D eigenvalue weighted by atomic mass is 19.4. The third-order valence-electron chi connectivity index (χ3n) is 5.36. The summed E-state index contributed by atoms with van der Waals surface area (Å²) in [5.74, 6) is -1.68. The van der Waals surface area contributed by atoms with Crippen molar-refractivity contribution in [2.45, 2.75) is 38.6 Å². The number of halogens is 4. The summed E-state index contributed by atoms with van der Waals surface area (Å²) in [7, 11) is 0. The molecule has 0 unspecified atom stereocenters. The fraction of sp³-hybridized carbons (Fsp3) is 0.292. The minimum absolute atomic E-state index is 0.226. The third kappa shape index (κ3) is 5.96. The topological polar surface area (TPSA) is 107 Å². The molecule has 0 aliphatic rings. The van der Waals surface area contributed by atoms with Gasteiger partial charge in [0.25, 0.3) is 5.91 Å². The van der Waals surface area contributed by atoms with Gasteiger partial charge in [0.1, 0.15) is 5.82 Å². The van der Waals surface area contributed by atoms with E-state index < -0.39 is 34.6 Å².